The van der Waals surface area contributed by atoms with Crippen LogP contribution < -0.4 is 16.0 Å². The molecule has 1 aromatic heterocycles. The Labute approximate surface area is 131 Å². The van der Waals surface area contributed by atoms with E-state index in [1.165, 1.54) is 0 Å². The third kappa shape index (κ3) is 2.44. The fourth-order valence-corrected chi connectivity index (χ4v) is 3.17. The zero-order valence-corrected chi connectivity index (χ0v) is 13.4. The van der Waals surface area contributed by atoms with Gasteiger partial charge < -0.3 is 16.0 Å². The van der Waals surface area contributed by atoms with Crippen molar-refractivity contribution in [1.29, 1.82) is 0 Å². The number of benzene rings is 1. The van der Waals surface area contributed by atoms with Crippen LogP contribution in [-0.2, 0) is 4.79 Å². The van der Waals surface area contributed by atoms with Crippen LogP contribution in [0.3, 0.4) is 0 Å². The highest BCUT2D eigenvalue weighted by Gasteiger charge is 2.29. The quantitative estimate of drug-likeness (QED) is 0.817. The van der Waals surface area contributed by atoms with Crippen LogP contribution in [0.15, 0.2) is 28.9 Å². The van der Waals surface area contributed by atoms with Gasteiger partial charge in [0.2, 0.25) is 5.91 Å². The lowest BCUT2D eigenvalue weighted by molar-refractivity contribution is -0.123. The Kier molecular flexibility index (Phi) is 3.71. The maximum Gasteiger partial charge on any atom is 0.242 e. The molecule has 1 amide bonds. The van der Waals surface area contributed by atoms with Crippen LogP contribution in [0.5, 0.6) is 0 Å². The lowest BCUT2D eigenvalue weighted by Crippen LogP contribution is -2.55. The number of nitrogens with zero attached hydrogens (tertiary/aromatic N) is 2. The summed E-state index contributed by atoms with van der Waals surface area (Å²) in [5, 5.41) is 3.82. The number of pyridine rings is 1. The van der Waals surface area contributed by atoms with Gasteiger partial charge in [-0.05, 0) is 40.5 Å². The molecule has 1 aliphatic heterocycles. The first-order valence-corrected chi connectivity index (χ1v) is 7.79. The lowest BCUT2D eigenvalue weighted by atomic mass is 10.1. The molecule has 6 heteroatoms. The predicted molar refractivity (Wildman–Crippen MR) is 88.3 cm³/mol. The molecule has 3 rings (SSSR count). The molecule has 5 nitrogen and oxygen atoms in total. The molecular weight excluding hydrogens is 332 g/mol. The third-order valence-electron chi connectivity index (χ3n) is 3.86. The Hall–Kier alpha value is -1.82. The summed E-state index contributed by atoms with van der Waals surface area (Å²) < 4.78 is 0.891. The number of aromatic nitrogens is 1. The number of amides is 1. The van der Waals surface area contributed by atoms with Gasteiger partial charge in [-0.3, -0.25) is 9.78 Å². The van der Waals surface area contributed by atoms with E-state index in [9.17, 15) is 4.79 Å². The van der Waals surface area contributed by atoms with E-state index in [-0.39, 0.29) is 11.9 Å². The molecule has 1 aliphatic rings. The van der Waals surface area contributed by atoms with Gasteiger partial charge in [-0.15, -0.1) is 0 Å². The summed E-state index contributed by atoms with van der Waals surface area (Å²) in [4.78, 5) is 18.7. The second kappa shape index (κ2) is 5.52. The van der Waals surface area contributed by atoms with Crippen LogP contribution in [0.2, 0.25) is 0 Å². The lowest BCUT2D eigenvalue weighted by Gasteiger charge is -2.36. The van der Waals surface area contributed by atoms with Crippen LogP contribution in [-0.4, -0.2) is 30.0 Å². The zero-order valence-electron chi connectivity index (χ0n) is 11.8. The third-order valence-corrected chi connectivity index (χ3v) is 4.29. The zero-order chi connectivity index (χ0) is 15.0. The highest BCUT2D eigenvalue weighted by molar-refractivity contribution is 9.10. The fraction of sp³-hybridized carbons (Fsp3) is 0.333. The van der Waals surface area contributed by atoms with Crippen molar-refractivity contribution in [2.24, 2.45) is 0 Å². The summed E-state index contributed by atoms with van der Waals surface area (Å²) in [5.74, 6) is 0.0748. The van der Waals surface area contributed by atoms with Crippen molar-refractivity contribution in [3.63, 3.8) is 0 Å². The van der Waals surface area contributed by atoms with E-state index >= 15 is 0 Å². The number of anilines is 2. The Morgan fingerprint density at radius 3 is 3.10 bits per heavy atom. The van der Waals surface area contributed by atoms with E-state index in [1.807, 2.05) is 25.1 Å². The van der Waals surface area contributed by atoms with Crippen molar-refractivity contribution in [1.82, 2.24) is 10.3 Å². The Balaban J connectivity index is 2.16. The number of piperazine rings is 1. The van der Waals surface area contributed by atoms with Crippen molar-refractivity contribution >= 4 is 44.1 Å². The number of nitrogens with one attached hydrogen (secondary N) is 1. The number of fused-ring (bicyclic) bond motifs is 1. The molecule has 2 aromatic rings. The number of rotatable bonds is 2. The molecule has 1 atom stereocenters. The van der Waals surface area contributed by atoms with E-state index < -0.39 is 0 Å². The topological polar surface area (TPSA) is 71.2 Å². The van der Waals surface area contributed by atoms with Gasteiger partial charge in [-0.2, -0.15) is 0 Å². The highest BCUT2D eigenvalue weighted by Crippen LogP contribution is 2.33. The summed E-state index contributed by atoms with van der Waals surface area (Å²) in [5.41, 5.74) is 8.56. The van der Waals surface area contributed by atoms with Crippen LogP contribution in [0, 0.1) is 0 Å². The van der Waals surface area contributed by atoms with Crippen molar-refractivity contribution < 1.29 is 4.79 Å². The summed E-state index contributed by atoms with van der Waals surface area (Å²) in [6.45, 7) is 3.45. The Morgan fingerprint density at radius 1 is 1.52 bits per heavy atom. The monoisotopic (exact) mass is 348 g/mol. The van der Waals surface area contributed by atoms with Crippen LogP contribution in [0.4, 0.5) is 11.4 Å². The van der Waals surface area contributed by atoms with Crippen molar-refractivity contribution in [3.05, 3.63) is 28.9 Å². The number of carbonyl (C=O) groups is 1. The molecule has 1 unspecified atom stereocenters. The molecule has 3 N–H and O–H groups in total. The number of hydrogen-bond donors (Lipinski definition) is 2. The van der Waals surface area contributed by atoms with E-state index in [4.69, 9.17) is 5.73 Å². The number of halogens is 1. The molecular formula is C15H17BrN4O. The largest absolute Gasteiger partial charge is 0.398 e. The minimum Gasteiger partial charge on any atom is -0.398 e. The highest BCUT2D eigenvalue weighted by atomic mass is 79.9. The number of hydrogen-bond acceptors (Lipinski definition) is 4. The van der Waals surface area contributed by atoms with Crippen molar-refractivity contribution in [2.45, 2.75) is 19.4 Å². The maximum atomic E-state index is 12.1. The van der Waals surface area contributed by atoms with Gasteiger partial charge in [-0.25, -0.2) is 0 Å². The van der Waals surface area contributed by atoms with Crippen LogP contribution >= 0.6 is 15.9 Å². The van der Waals surface area contributed by atoms with E-state index in [0.29, 0.717) is 12.2 Å². The Morgan fingerprint density at radius 2 is 2.33 bits per heavy atom. The summed E-state index contributed by atoms with van der Waals surface area (Å²) in [6.07, 6.45) is 2.52. The van der Waals surface area contributed by atoms with Crippen molar-refractivity contribution in [2.75, 3.05) is 23.7 Å². The maximum absolute atomic E-state index is 12.1. The van der Waals surface area contributed by atoms with Gasteiger partial charge in [0.1, 0.15) is 6.04 Å². The first-order chi connectivity index (χ1) is 10.1. The van der Waals surface area contributed by atoms with Gasteiger partial charge in [-0.1, -0.05) is 6.92 Å². The van der Waals surface area contributed by atoms with E-state index in [0.717, 1.165) is 34.0 Å². The molecule has 21 heavy (non-hydrogen) atoms. The molecule has 0 saturated carbocycles. The summed E-state index contributed by atoms with van der Waals surface area (Å²) in [7, 11) is 0. The molecule has 1 saturated heterocycles. The average Bonchev–Trinajstić information content (AvgIpc) is 2.48. The fourth-order valence-electron chi connectivity index (χ4n) is 2.84. The SMILES string of the molecule is CCC1C(=O)NCCN1c1ccc(N)c2cc(Br)cnc12. The summed E-state index contributed by atoms with van der Waals surface area (Å²) >= 11 is 3.43. The molecule has 1 aromatic carbocycles. The van der Waals surface area contributed by atoms with Crippen molar-refractivity contribution in [3.8, 4) is 0 Å². The smallest absolute Gasteiger partial charge is 0.242 e. The minimum atomic E-state index is -0.156. The first kappa shape index (κ1) is 14.1. The van der Waals surface area contributed by atoms with Gasteiger partial charge in [0.15, 0.2) is 0 Å². The predicted octanol–water partition coefficient (Wildman–Crippen LogP) is 2.29. The molecule has 1 fully saturated rings. The summed E-state index contributed by atoms with van der Waals surface area (Å²) in [6, 6.07) is 5.65. The van der Waals surface area contributed by atoms with E-state index in [1.54, 1.807) is 6.20 Å². The van der Waals surface area contributed by atoms with Gasteiger partial charge in [0.05, 0.1) is 11.2 Å². The number of nitrogens with two attached hydrogens (primary N) is 1. The van der Waals surface area contributed by atoms with Gasteiger partial charge >= 0.3 is 0 Å². The number of nitrogen functional groups attached to an aromatic ring is 1. The normalized spacial score (nSPS) is 18.9. The van der Waals surface area contributed by atoms with Crippen LogP contribution in [0.1, 0.15) is 13.3 Å². The molecule has 0 radical (unpaired) electrons. The van der Waals surface area contributed by atoms with Gasteiger partial charge in [0.25, 0.3) is 0 Å². The second-order valence-corrected chi connectivity index (χ2v) is 6.05. The molecule has 2 heterocycles. The minimum absolute atomic E-state index is 0.0748. The second-order valence-electron chi connectivity index (χ2n) is 5.13. The standard InChI is InChI=1S/C15H17BrN4O/c1-2-12-15(21)18-5-6-20(12)13-4-3-11(17)10-7-9(16)8-19-14(10)13/h3-4,7-8,12H,2,5-6,17H2,1H3,(H,18,21). The van der Waals surface area contributed by atoms with Crippen LogP contribution in [0.25, 0.3) is 10.9 Å². The average molecular weight is 349 g/mol. The molecule has 110 valence electrons. The number of carbonyl (C=O) groups excluding carboxylic acids is 1. The van der Waals surface area contributed by atoms with E-state index in [2.05, 4.69) is 31.1 Å². The Bertz CT molecular complexity index is 703. The first-order valence-electron chi connectivity index (χ1n) is 7.00. The molecule has 0 spiro atoms. The van der Waals surface area contributed by atoms with Gasteiger partial charge in [0, 0.05) is 34.8 Å². The molecule has 0 bridgehead atoms. The molecule has 0 aliphatic carbocycles.